The highest BCUT2D eigenvalue weighted by molar-refractivity contribution is 6.04. The van der Waals surface area contributed by atoms with Gasteiger partial charge in [0.1, 0.15) is 29.6 Å². The highest BCUT2D eigenvalue weighted by Gasteiger charge is 2.18. The largest absolute Gasteiger partial charge is 0.388 e. The van der Waals surface area contributed by atoms with E-state index in [9.17, 15) is 9.90 Å². The first-order chi connectivity index (χ1) is 11.4. The second-order valence-corrected chi connectivity index (χ2v) is 5.34. The van der Waals surface area contributed by atoms with Crippen LogP contribution in [0.2, 0.25) is 0 Å². The third-order valence-corrected chi connectivity index (χ3v) is 3.03. The average molecular weight is 331 g/mol. The number of nitrogens with zero attached hydrogens (tertiary/aromatic N) is 3. The Labute approximate surface area is 139 Å². The second kappa shape index (κ2) is 7.55. The van der Waals surface area contributed by atoms with Gasteiger partial charge in [-0.1, -0.05) is 0 Å². The van der Waals surface area contributed by atoms with Crippen LogP contribution in [0, 0.1) is 0 Å². The molecule has 2 rings (SSSR count). The smallest absolute Gasteiger partial charge is 0.256 e. The lowest BCUT2D eigenvalue weighted by molar-refractivity contribution is 0.0964. The predicted octanol–water partition coefficient (Wildman–Crippen LogP) is 0.870. The van der Waals surface area contributed by atoms with E-state index in [-0.39, 0.29) is 30.2 Å². The van der Waals surface area contributed by atoms with Gasteiger partial charge in [0.15, 0.2) is 5.82 Å². The summed E-state index contributed by atoms with van der Waals surface area (Å²) in [6, 6.07) is 3.36. The van der Waals surface area contributed by atoms with Crippen LogP contribution in [0.4, 0.5) is 23.1 Å². The van der Waals surface area contributed by atoms with Gasteiger partial charge in [0, 0.05) is 25.4 Å². The van der Waals surface area contributed by atoms with Crippen LogP contribution in [0.1, 0.15) is 30.0 Å². The molecule has 0 aliphatic heterocycles. The Bertz CT molecular complexity index is 734. The van der Waals surface area contributed by atoms with E-state index in [0.717, 1.165) is 0 Å². The van der Waals surface area contributed by atoms with E-state index in [0.29, 0.717) is 22.9 Å². The van der Waals surface area contributed by atoms with Crippen LogP contribution in [0.5, 0.6) is 0 Å². The Kier molecular flexibility index (Phi) is 5.48. The molecule has 6 N–H and O–H groups in total. The Morgan fingerprint density at radius 1 is 1.38 bits per heavy atom. The highest BCUT2D eigenvalue weighted by atomic mass is 16.3. The normalized spacial score (nSPS) is 10.5. The number of rotatable bonds is 6. The Morgan fingerprint density at radius 2 is 2.12 bits per heavy atom. The molecule has 0 saturated carbocycles. The van der Waals surface area contributed by atoms with Crippen molar-refractivity contribution in [1.82, 2.24) is 20.3 Å². The van der Waals surface area contributed by atoms with Gasteiger partial charge in [-0.05, 0) is 19.9 Å². The quantitative estimate of drug-likeness (QED) is 0.525. The van der Waals surface area contributed by atoms with Crippen LogP contribution in [0.25, 0.3) is 0 Å². The minimum atomic E-state index is -0.343. The topological polar surface area (TPSA) is 138 Å². The van der Waals surface area contributed by atoms with Crippen molar-refractivity contribution < 1.29 is 9.90 Å². The van der Waals surface area contributed by atoms with E-state index in [1.165, 1.54) is 6.07 Å². The van der Waals surface area contributed by atoms with E-state index < -0.39 is 0 Å². The fraction of sp³-hybridized carbons (Fsp3) is 0.333. The number of nitrogen functional groups attached to an aromatic ring is 1. The average Bonchev–Trinajstić information content (AvgIpc) is 2.53. The zero-order valence-corrected chi connectivity index (χ0v) is 13.8. The standard InChI is InChI=1S/C15H21N7O2/c1-8(2)19-9-4-5-18-14(13(9)15(24)17-3)22-11-6-10(16)20-12(7-23)21-11/h4-6,8,23H,7H2,1-3H3,(H,17,24)(H4,16,18,19,20,21,22). The lowest BCUT2D eigenvalue weighted by atomic mass is 10.1. The molecule has 0 aromatic carbocycles. The molecule has 0 fully saturated rings. The maximum Gasteiger partial charge on any atom is 0.256 e. The van der Waals surface area contributed by atoms with Gasteiger partial charge in [-0.2, -0.15) is 0 Å². The molecule has 0 atom stereocenters. The van der Waals surface area contributed by atoms with Gasteiger partial charge in [0.2, 0.25) is 0 Å². The molecule has 2 heterocycles. The first-order valence-electron chi connectivity index (χ1n) is 7.43. The number of aliphatic hydroxyl groups is 1. The van der Waals surface area contributed by atoms with Crippen molar-refractivity contribution in [3.05, 3.63) is 29.7 Å². The molecule has 2 aromatic rings. The molecular formula is C15H21N7O2. The van der Waals surface area contributed by atoms with Crippen molar-refractivity contribution in [3.63, 3.8) is 0 Å². The van der Waals surface area contributed by atoms with Crippen molar-refractivity contribution >= 4 is 29.0 Å². The molecule has 0 saturated heterocycles. The monoisotopic (exact) mass is 331 g/mol. The number of nitrogens with one attached hydrogen (secondary N) is 3. The minimum Gasteiger partial charge on any atom is -0.388 e. The van der Waals surface area contributed by atoms with Gasteiger partial charge in [0.05, 0.1) is 5.69 Å². The summed E-state index contributed by atoms with van der Waals surface area (Å²) in [6.07, 6.45) is 1.58. The van der Waals surface area contributed by atoms with Gasteiger partial charge in [0.25, 0.3) is 5.91 Å². The second-order valence-electron chi connectivity index (χ2n) is 5.34. The first kappa shape index (κ1) is 17.4. The maximum absolute atomic E-state index is 12.3. The molecular weight excluding hydrogens is 310 g/mol. The summed E-state index contributed by atoms with van der Waals surface area (Å²) in [4.78, 5) is 24.5. The summed E-state index contributed by atoms with van der Waals surface area (Å²) in [5.74, 6) is 0.746. The van der Waals surface area contributed by atoms with Crippen molar-refractivity contribution in [1.29, 1.82) is 0 Å². The van der Waals surface area contributed by atoms with Crippen LogP contribution in [0.15, 0.2) is 18.3 Å². The number of carbonyl (C=O) groups excluding carboxylic acids is 1. The maximum atomic E-state index is 12.3. The Hall–Kier alpha value is -2.94. The van der Waals surface area contributed by atoms with E-state index >= 15 is 0 Å². The summed E-state index contributed by atoms with van der Waals surface area (Å²) < 4.78 is 0. The fourth-order valence-electron chi connectivity index (χ4n) is 2.12. The molecule has 0 bridgehead atoms. The molecule has 0 radical (unpaired) electrons. The molecule has 0 aliphatic carbocycles. The number of carbonyl (C=O) groups is 1. The van der Waals surface area contributed by atoms with Crippen molar-refractivity contribution in [2.75, 3.05) is 23.4 Å². The van der Waals surface area contributed by atoms with E-state index in [4.69, 9.17) is 5.73 Å². The molecule has 0 spiro atoms. The van der Waals surface area contributed by atoms with Crippen molar-refractivity contribution in [2.24, 2.45) is 0 Å². The molecule has 1 amide bonds. The molecule has 9 nitrogen and oxygen atoms in total. The number of aromatic nitrogens is 3. The van der Waals surface area contributed by atoms with Gasteiger partial charge in [-0.25, -0.2) is 15.0 Å². The van der Waals surface area contributed by atoms with Gasteiger partial charge in [-0.15, -0.1) is 0 Å². The fourth-order valence-corrected chi connectivity index (χ4v) is 2.12. The molecule has 2 aromatic heterocycles. The minimum absolute atomic E-state index is 0.138. The number of amides is 1. The number of anilines is 4. The molecule has 9 heteroatoms. The number of hydrogen-bond donors (Lipinski definition) is 5. The summed E-state index contributed by atoms with van der Waals surface area (Å²) in [6.45, 7) is 3.60. The van der Waals surface area contributed by atoms with Gasteiger partial charge >= 0.3 is 0 Å². The zero-order chi connectivity index (χ0) is 17.7. The van der Waals surface area contributed by atoms with Gasteiger partial charge < -0.3 is 26.8 Å². The lowest BCUT2D eigenvalue weighted by Crippen LogP contribution is -2.23. The molecule has 24 heavy (non-hydrogen) atoms. The van der Waals surface area contributed by atoms with Crippen LogP contribution >= 0.6 is 0 Å². The Balaban J connectivity index is 2.46. The van der Waals surface area contributed by atoms with Crippen LogP contribution in [-0.2, 0) is 6.61 Å². The molecule has 0 aliphatic rings. The third-order valence-electron chi connectivity index (χ3n) is 3.03. The summed E-state index contributed by atoms with van der Waals surface area (Å²) in [5.41, 5.74) is 6.70. The molecule has 0 unspecified atom stereocenters. The highest BCUT2D eigenvalue weighted by Crippen LogP contribution is 2.25. The third kappa shape index (κ3) is 4.07. The van der Waals surface area contributed by atoms with Crippen LogP contribution in [0.3, 0.4) is 0 Å². The lowest BCUT2D eigenvalue weighted by Gasteiger charge is -2.17. The zero-order valence-electron chi connectivity index (χ0n) is 13.8. The number of pyridine rings is 1. The number of aliphatic hydroxyl groups excluding tert-OH is 1. The number of hydrogen-bond acceptors (Lipinski definition) is 8. The SMILES string of the molecule is CNC(=O)c1c(NC(C)C)ccnc1Nc1cc(N)nc(CO)n1. The Morgan fingerprint density at radius 3 is 2.75 bits per heavy atom. The van der Waals surface area contributed by atoms with E-state index in [1.807, 2.05) is 13.8 Å². The first-order valence-corrected chi connectivity index (χ1v) is 7.43. The number of nitrogens with two attached hydrogens (primary N) is 1. The summed E-state index contributed by atoms with van der Waals surface area (Å²) >= 11 is 0. The predicted molar refractivity (Wildman–Crippen MR) is 92.0 cm³/mol. The summed E-state index contributed by atoms with van der Waals surface area (Å²) in [5, 5.41) is 18.0. The van der Waals surface area contributed by atoms with Gasteiger partial charge in [-0.3, -0.25) is 4.79 Å². The summed E-state index contributed by atoms with van der Waals surface area (Å²) in [7, 11) is 1.55. The van der Waals surface area contributed by atoms with Crippen LogP contribution < -0.4 is 21.7 Å². The van der Waals surface area contributed by atoms with E-state index in [2.05, 4.69) is 30.9 Å². The van der Waals surface area contributed by atoms with Crippen molar-refractivity contribution in [3.8, 4) is 0 Å². The molecule has 128 valence electrons. The van der Waals surface area contributed by atoms with E-state index in [1.54, 1.807) is 19.3 Å². The van der Waals surface area contributed by atoms with Crippen molar-refractivity contribution in [2.45, 2.75) is 26.5 Å². The van der Waals surface area contributed by atoms with Crippen LogP contribution in [-0.4, -0.2) is 39.1 Å².